The molecule has 1 atom stereocenters. The molecule has 1 N–H and O–H groups in total. The van der Waals surface area contributed by atoms with Crippen LogP contribution in [0.25, 0.3) is 0 Å². The maximum atomic E-state index is 13.2. The summed E-state index contributed by atoms with van der Waals surface area (Å²) in [5.74, 6) is 0.221. The summed E-state index contributed by atoms with van der Waals surface area (Å²) >= 11 is 0. The van der Waals surface area contributed by atoms with E-state index in [1.54, 1.807) is 0 Å². The van der Waals surface area contributed by atoms with E-state index in [-0.39, 0.29) is 5.92 Å². The van der Waals surface area contributed by atoms with Crippen LogP contribution < -0.4 is 5.32 Å². The van der Waals surface area contributed by atoms with E-state index in [2.05, 4.69) is 5.32 Å². The highest BCUT2D eigenvalue weighted by molar-refractivity contribution is 4.96. The third kappa shape index (κ3) is 1.08. The fourth-order valence-corrected chi connectivity index (χ4v) is 1.08. The van der Waals surface area contributed by atoms with Crippen LogP contribution in [-0.2, 0) is 0 Å². The molecule has 1 aliphatic rings. The van der Waals surface area contributed by atoms with E-state index in [0.29, 0.717) is 13.1 Å². The molecule has 1 fully saturated rings. The predicted octanol–water partition coefficient (Wildman–Crippen LogP) is 1.34. The van der Waals surface area contributed by atoms with E-state index in [1.807, 2.05) is 13.8 Å². The molecule has 1 heterocycles. The second kappa shape index (κ2) is 2.25. The van der Waals surface area contributed by atoms with Gasteiger partial charge in [-0.2, -0.15) is 0 Å². The highest BCUT2D eigenvalue weighted by Crippen LogP contribution is 2.28. The number of hydrogen-bond donors (Lipinski definition) is 1. The summed E-state index contributed by atoms with van der Waals surface area (Å²) in [5.41, 5.74) is -0.880. The second-order valence-corrected chi connectivity index (χ2v) is 2.95. The van der Waals surface area contributed by atoms with Gasteiger partial charge < -0.3 is 5.32 Å². The minimum atomic E-state index is -0.880. The van der Waals surface area contributed by atoms with Crippen LogP contribution in [0, 0.1) is 5.92 Å². The van der Waals surface area contributed by atoms with Crippen molar-refractivity contribution in [2.24, 2.45) is 5.92 Å². The second-order valence-electron chi connectivity index (χ2n) is 2.95. The molecule has 0 aromatic heterocycles. The summed E-state index contributed by atoms with van der Waals surface area (Å²) in [6, 6.07) is 0. The first-order valence-corrected chi connectivity index (χ1v) is 3.58. The maximum absolute atomic E-state index is 13.2. The number of rotatable bonds is 2. The van der Waals surface area contributed by atoms with Gasteiger partial charge >= 0.3 is 0 Å². The molecule has 1 aliphatic heterocycles. The monoisotopic (exact) mass is 131 g/mol. The molecule has 1 nitrogen and oxygen atoms in total. The smallest absolute Gasteiger partial charge is 0.138 e. The quantitative estimate of drug-likeness (QED) is 0.596. The average molecular weight is 131 g/mol. The summed E-state index contributed by atoms with van der Waals surface area (Å²) in [7, 11) is 0. The van der Waals surface area contributed by atoms with Gasteiger partial charge in [-0.1, -0.05) is 20.3 Å². The SMILES string of the molecule is CCC(C)C1(F)CNC1. The normalized spacial score (nSPS) is 27.0. The number of nitrogens with one attached hydrogen (secondary N) is 1. The van der Waals surface area contributed by atoms with E-state index in [4.69, 9.17) is 0 Å². The van der Waals surface area contributed by atoms with E-state index >= 15 is 0 Å². The van der Waals surface area contributed by atoms with Crippen molar-refractivity contribution in [3.05, 3.63) is 0 Å². The van der Waals surface area contributed by atoms with Gasteiger partial charge in [0.05, 0.1) is 0 Å². The molecule has 0 amide bonds. The minimum absolute atomic E-state index is 0.221. The summed E-state index contributed by atoms with van der Waals surface area (Å²) in [6.07, 6.45) is 0.943. The lowest BCUT2D eigenvalue weighted by atomic mass is 9.84. The molecule has 2 heteroatoms. The molecular formula is C7H14FN. The molecular weight excluding hydrogens is 117 g/mol. The van der Waals surface area contributed by atoms with Gasteiger partial charge in [0.2, 0.25) is 0 Å². The topological polar surface area (TPSA) is 12.0 Å². The average Bonchev–Trinajstić information content (AvgIpc) is 1.81. The first kappa shape index (κ1) is 7.00. The first-order chi connectivity index (χ1) is 4.19. The van der Waals surface area contributed by atoms with Crippen LogP contribution >= 0.6 is 0 Å². The van der Waals surface area contributed by atoms with Gasteiger partial charge in [0.15, 0.2) is 0 Å². The lowest BCUT2D eigenvalue weighted by Crippen LogP contribution is -2.59. The molecule has 0 bridgehead atoms. The Morgan fingerprint density at radius 2 is 2.22 bits per heavy atom. The number of halogens is 1. The third-order valence-corrected chi connectivity index (χ3v) is 2.33. The first-order valence-electron chi connectivity index (χ1n) is 3.58. The van der Waals surface area contributed by atoms with Crippen molar-refractivity contribution in [2.75, 3.05) is 13.1 Å². The highest BCUT2D eigenvalue weighted by atomic mass is 19.1. The van der Waals surface area contributed by atoms with Gasteiger partial charge in [0.25, 0.3) is 0 Å². The Morgan fingerprint density at radius 1 is 1.67 bits per heavy atom. The van der Waals surface area contributed by atoms with Crippen molar-refractivity contribution in [1.82, 2.24) is 5.32 Å². The largest absolute Gasteiger partial charge is 0.310 e. The molecule has 0 aromatic rings. The lowest BCUT2D eigenvalue weighted by Gasteiger charge is -2.39. The molecule has 1 unspecified atom stereocenters. The van der Waals surface area contributed by atoms with Crippen LogP contribution in [0.1, 0.15) is 20.3 Å². The molecule has 0 spiro atoms. The molecule has 0 aliphatic carbocycles. The molecule has 0 radical (unpaired) electrons. The molecule has 1 rings (SSSR count). The summed E-state index contributed by atoms with van der Waals surface area (Å²) in [5, 5.41) is 2.94. The van der Waals surface area contributed by atoms with E-state index < -0.39 is 5.67 Å². The van der Waals surface area contributed by atoms with Crippen LogP contribution in [0.2, 0.25) is 0 Å². The van der Waals surface area contributed by atoms with Gasteiger partial charge in [-0.15, -0.1) is 0 Å². The molecule has 9 heavy (non-hydrogen) atoms. The van der Waals surface area contributed by atoms with Crippen molar-refractivity contribution in [3.8, 4) is 0 Å². The van der Waals surface area contributed by atoms with Crippen molar-refractivity contribution in [2.45, 2.75) is 25.9 Å². The Labute approximate surface area is 55.6 Å². The number of alkyl halides is 1. The minimum Gasteiger partial charge on any atom is -0.310 e. The van der Waals surface area contributed by atoms with Gasteiger partial charge in [-0.3, -0.25) is 0 Å². The number of hydrogen-bond acceptors (Lipinski definition) is 1. The predicted molar refractivity (Wildman–Crippen MR) is 36.2 cm³/mol. The molecule has 0 saturated carbocycles. The Kier molecular flexibility index (Phi) is 1.75. The van der Waals surface area contributed by atoms with Gasteiger partial charge in [-0.05, 0) is 5.92 Å². The fourth-order valence-electron chi connectivity index (χ4n) is 1.08. The van der Waals surface area contributed by atoms with Gasteiger partial charge in [-0.25, -0.2) is 4.39 Å². The Hall–Kier alpha value is -0.110. The zero-order chi connectivity index (χ0) is 6.91. The summed E-state index contributed by atoms with van der Waals surface area (Å²) in [6.45, 7) is 5.12. The van der Waals surface area contributed by atoms with Crippen LogP contribution in [0.5, 0.6) is 0 Å². The standard InChI is InChI=1S/C7H14FN/c1-3-6(2)7(8)4-9-5-7/h6,9H,3-5H2,1-2H3. The highest BCUT2D eigenvalue weighted by Gasteiger charge is 2.41. The molecule has 0 aromatic carbocycles. The van der Waals surface area contributed by atoms with Gasteiger partial charge in [0, 0.05) is 13.1 Å². The zero-order valence-electron chi connectivity index (χ0n) is 6.08. The van der Waals surface area contributed by atoms with Gasteiger partial charge in [0.1, 0.15) is 5.67 Å². The van der Waals surface area contributed by atoms with Crippen molar-refractivity contribution in [3.63, 3.8) is 0 Å². The van der Waals surface area contributed by atoms with E-state index in [0.717, 1.165) is 6.42 Å². The van der Waals surface area contributed by atoms with Crippen LogP contribution in [0.15, 0.2) is 0 Å². The van der Waals surface area contributed by atoms with Crippen molar-refractivity contribution < 1.29 is 4.39 Å². The molecule has 54 valence electrons. The fraction of sp³-hybridized carbons (Fsp3) is 1.00. The Balaban J connectivity index is 2.38. The van der Waals surface area contributed by atoms with Crippen molar-refractivity contribution >= 4 is 0 Å². The Morgan fingerprint density at radius 3 is 2.33 bits per heavy atom. The van der Waals surface area contributed by atoms with Crippen LogP contribution in [0.3, 0.4) is 0 Å². The lowest BCUT2D eigenvalue weighted by molar-refractivity contribution is 0.0301. The third-order valence-electron chi connectivity index (χ3n) is 2.33. The van der Waals surface area contributed by atoms with Crippen LogP contribution in [0.4, 0.5) is 4.39 Å². The summed E-state index contributed by atoms with van der Waals surface area (Å²) < 4.78 is 13.2. The summed E-state index contributed by atoms with van der Waals surface area (Å²) in [4.78, 5) is 0. The van der Waals surface area contributed by atoms with Crippen LogP contribution in [-0.4, -0.2) is 18.8 Å². The Bertz CT molecular complexity index is 99.1. The van der Waals surface area contributed by atoms with Crippen molar-refractivity contribution in [1.29, 1.82) is 0 Å². The maximum Gasteiger partial charge on any atom is 0.138 e. The van der Waals surface area contributed by atoms with E-state index in [9.17, 15) is 4.39 Å². The van der Waals surface area contributed by atoms with E-state index in [1.165, 1.54) is 0 Å². The molecule has 1 saturated heterocycles. The zero-order valence-corrected chi connectivity index (χ0v) is 6.08.